The van der Waals surface area contributed by atoms with E-state index in [9.17, 15) is 0 Å². The summed E-state index contributed by atoms with van der Waals surface area (Å²) in [5.41, 5.74) is 4.26. The van der Waals surface area contributed by atoms with Crippen LogP contribution in [0.5, 0.6) is 5.75 Å². The Labute approximate surface area is 168 Å². The van der Waals surface area contributed by atoms with Crippen LogP contribution in [0.4, 0.5) is 0 Å². The standard InChI is InChI=1S/C22H18Cl2N2O/c1-27-18-10-6-15(7-11-18)12-22-25-20-4-2-3-5-21(20)26(22)14-16-8-9-17(23)13-19(16)24/h2-11,13H,12,14H2,1H3. The van der Waals surface area contributed by atoms with Crippen molar-refractivity contribution in [1.29, 1.82) is 0 Å². The summed E-state index contributed by atoms with van der Waals surface area (Å²) < 4.78 is 7.46. The second-order valence-corrected chi connectivity index (χ2v) is 7.21. The SMILES string of the molecule is COc1ccc(Cc2nc3ccccc3n2Cc2ccc(Cl)cc2Cl)cc1. The van der Waals surface area contributed by atoms with E-state index in [0.717, 1.165) is 34.6 Å². The Morgan fingerprint density at radius 1 is 0.963 bits per heavy atom. The molecule has 0 saturated carbocycles. The first-order valence-electron chi connectivity index (χ1n) is 8.65. The van der Waals surface area contributed by atoms with E-state index < -0.39 is 0 Å². The van der Waals surface area contributed by atoms with Crippen LogP contribution in [0.2, 0.25) is 10.0 Å². The summed E-state index contributed by atoms with van der Waals surface area (Å²) in [6.07, 6.45) is 0.726. The zero-order valence-corrected chi connectivity index (χ0v) is 16.3. The minimum Gasteiger partial charge on any atom is -0.497 e. The number of ether oxygens (including phenoxy) is 1. The molecule has 136 valence electrons. The average molecular weight is 397 g/mol. The lowest BCUT2D eigenvalue weighted by Crippen LogP contribution is -2.06. The smallest absolute Gasteiger partial charge is 0.118 e. The molecular weight excluding hydrogens is 379 g/mol. The number of methoxy groups -OCH3 is 1. The fraction of sp³-hybridized carbons (Fsp3) is 0.136. The first-order chi connectivity index (χ1) is 13.1. The second kappa shape index (κ2) is 7.63. The van der Waals surface area contributed by atoms with Crippen molar-refractivity contribution >= 4 is 34.2 Å². The van der Waals surface area contributed by atoms with Crippen LogP contribution in [0, 0.1) is 0 Å². The molecule has 0 aliphatic carbocycles. The number of para-hydroxylation sites is 2. The van der Waals surface area contributed by atoms with Gasteiger partial charge < -0.3 is 9.30 Å². The minimum atomic E-state index is 0.637. The van der Waals surface area contributed by atoms with Gasteiger partial charge in [0.15, 0.2) is 0 Å². The van der Waals surface area contributed by atoms with Crippen molar-refractivity contribution in [3.63, 3.8) is 0 Å². The van der Waals surface area contributed by atoms with Crippen LogP contribution in [0.25, 0.3) is 11.0 Å². The predicted molar refractivity (Wildman–Crippen MR) is 111 cm³/mol. The van der Waals surface area contributed by atoms with Crippen LogP contribution in [0.1, 0.15) is 17.0 Å². The van der Waals surface area contributed by atoms with Crippen molar-refractivity contribution in [3.05, 3.63) is 93.7 Å². The Morgan fingerprint density at radius 3 is 2.48 bits per heavy atom. The van der Waals surface area contributed by atoms with E-state index in [1.165, 1.54) is 5.56 Å². The van der Waals surface area contributed by atoms with Gasteiger partial charge in [0.25, 0.3) is 0 Å². The summed E-state index contributed by atoms with van der Waals surface area (Å²) in [5, 5.41) is 1.30. The van der Waals surface area contributed by atoms with Crippen molar-refractivity contribution in [2.45, 2.75) is 13.0 Å². The highest BCUT2D eigenvalue weighted by Crippen LogP contribution is 2.25. The van der Waals surface area contributed by atoms with Crippen LogP contribution in [0.15, 0.2) is 66.7 Å². The van der Waals surface area contributed by atoms with Crippen molar-refractivity contribution in [3.8, 4) is 5.75 Å². The lowest BCUT2D eigenvalue weighted by molar-refractivity contribution is 0.414. The van der Waals surface area contributed by atoms with Gasteiger partial charge in [-0.15, -0.1) is 0 Å². The minimum absolute atomic E-state index is 0.637. The molecule has 0 N–H and O–H groups in total. The second-order valence-electron chi connectivity index (χ2n) is 6.36. The largest absolute Gasteiger partial charge is 0.497 e. The highest BCUT2D eigenvalue weighted by atomic mass is 35.5. The highest BCUT2D eigenvalue weighted by molar-refractivity contribution is 6.35. The maximum absolute atomic E-state index is 6.41. The molecule has 0 unspecified atom stereocenters. The van der Waals surface area contributed by atoms with Gasteiger partial charge >= 0.3 is 0 Å². The topological polar surface area (TPSA) is 27.1 Å². The monoisotopic (exact) mass is 396 g/mol. The molecule has 0 spiro atoms. The first kappa shape index (κ1) is 17.9. The third-order valence-corrected chi connectivity index (χ3v) is 5.19. The van der Waals surface area contributed by atoms with E-state index in [2.05, 4.69) is 22.8 Å². The number of rotatable bonds is 5. The normalized spacial score (nSPS) is 11.1. The van der Waals surface area contributed by atoms with E-state index in [0.29, 0.717) is 16.6 Å². The molecule has 3 aromatic carbocycles. The maximum Gasteiger partial charge on any atom is 0.118 e. The van der Waals surface area contributed by atoms with Crippen LogP contribution in [0.3, 0.4) is 0 Å². The van der Waals surface area contributed by atoms with E-state index in [1.54, 1.807) is 13.2 Å². The van der Waals surface area contributed by atoms with Gasteiger partial charge in [-0.3, -0.25) is 0 Å². The summed E-state index contributed by atoms with van der Waals surface area (Å²) in [7, 11) is 1.67. The molecular formula is C22H18Cl2N2O. The third-order valence-electron chi connectivity index (χ3n) is 4.60. The fourth-order valence-electron chi connectivity index (χ4n) is 3.18. The van der Waals surface area contributed by atoms with Crippen LogP contribution >= 0.6 is 23.2 Å². The predicted octanol–water partition coefficient (Wildman–Crippen LogP) is 5.99. The van der Waals surface area contributed by atoms with Crippen molar-refractivity contribution in [1.82, 2.24) is 9.55 Å². The molecule has 0 aliphatic heterocycles. The van der Waals surface area contributed by atoms with Crippen LogP contribution in [-0.2, 0) is 13.0 Å². The number of nitrogens with zero attached hydrogens (tertiary/aromatic N) is 2. The Kier molecular flexibility index (Phi) is 5.06. The molecule has 4 aromatic rings. The molecule has 0 bridgehead atoms. The maximum atomic E-state index is 6.41. The van der Waals surface area contributed by atoms with Gasteiger partial charge in [-0.1, -0.05) is 53.5 Å². The first-order valence-corrected chi connectivity index (χ1v) is 9.40. The van der Waals surface area contributed by atoms with Gasteiger partial charge in [0.1, 0.15) is 11.6 Å². The Bertz CT molecular complexity index is 1090. The third kappa shape index (κ3) is 3.80. The van der Waals surface area contributed by atoms with Gasteiger partial charge in [0, 0.05) is 16.5 Å². The summed E-state index contributed by atoms with van der Waals surface area (Å²) in [6, 6.07) is 21.8. The lowest BCUT2D eigenvalue weighted by Gasteiger charge is -2.11. The molecule has 0 fully saturated rings. The molecule has 1 aromatic heterocycles. The summed E-state index contributed by atoms with van der Waals surface area (Å²) in [4.78, 5) is 4.86. The van der Waals surface area contributed by atoms with Gasteiger partial charge in [0.05, 0.1) is 24.7 Å². The fourth-order valence-corrected chi connectivity index (χ4v) is 3.65. The zero-order valence-electron chi connectivity index (χ0n) is 14.8. The van der Waals surface area contributed by atoms with Crippen molar-refractivity contribution in [2.75, 3.05) is 7.11 Å². The molecule has 0 amide bonds. The molecule has 1 heterocycles. The molecule has 0 atom stereocenters. The zero-order chi connectivity index (χ0) is 18.8. The van der Waals surface area contributed by atoms with E-state index in [4.69, 9.17) is 32.9 Å². The van der Waals surface area contributed by atoms with Gasteiger partial charge in [-0.25, -0.2) is 4.98 Å². The summed E-state index contributed by atoms with van der Waals surface area (Å²) >= 11 is 12.5. The Balaban J connectivity index is 1.74. The van der Waals surface area contributed by atoms with Crippen LogP contribution in [-0.4, -0.2) is 16.7 Å². The van der Waals surface area contributed by atoms with Gasteiger partial charge in [-0.05, 0) is 47.5 Å². The van der Waals surface area contributed by atoms with Crippen molar-refractivity contribution in [2.24, 2.45) is 0 Å². The van der Waals surface area contributed by atoms with E-state index >= 15 is 0 Å². The molecule has 3 nitrogen and oxygen atoms in total. The molecule has 5 heteroatoms. The highest BCUT2D eigenvalue weighted by Gasteiger charge is 2.13. The number of fused-ring (bicyclic) bond motifs is 1. The summed E-state index contributed by atoms with van der Waals surface area (Å²) in [5.74, 6) is 1.84. The van der Waals surface area contributed by atoms with Crippen LogP contribution < -0.4 is 4.74 Å². The molecule has 0 aliphatic rings. The van der Waals surface area contributed by atoms with E-state index in [-0.39, 0.29) is 0 Å². The molecule has 4 rings (SSSR count). The Morgan fingerprint density at radius 2 is 1.74 bits per heavy atom. The number of hydrogen-bond donors (Lipinski definition) is 0. The lowest BCUT2D eigenvalue weighted by atomic mass is 10.1. The number of halogens is 2. The van der Waals surface area contributed by atoms with E-state index in [1.807, 2.05) is 42.5 Å². The Hall–Kier alpha value is -2.49. The molecule has 27 heavy (non-hydrogen) atoms. The number of hydrogen-bond acceptors (Lipinski definition) is 2. The van der Waals surface area contributed by atoms with Gasteiger partial charge in [0.2, 0.25) is 0 Å². The number of benzene rings is 3. The quantitative estimate of drug-likeness (QED) is 0.414. The molecule has 0 saturated heterocycles. The summed E-state index contributed by atoms with van der Waals surface area (Å²) in [6.45, 7) is 0.641. The van der Waals surface area contributed by atoms with Gasteiger partial charge in [-0.2, -0.15) is 0 Å². The van der Waals surface area contributed by atoms with Crippen molar-refractivity contribution < 1.29 is 4.74 Å². The number of aromatic nitrogens is 2. The number of imidazole rings is 1. The molecule has 0 radical (unpaired) electrons. The average Bonchev–Trinajstić information content (AvgIpc) is 3.02.